The summed E-state index contributed by atoms with van der Waals surface area (Å²) >= 11 is 0. The molecule has 0 radical (unpaired) electrons. The van der Waals surface area contributed by atoms with Gasteiger partial charge in [0, 0.05) is 34.8 Å². The largest absolute Gasteiger partial charge is 0.322 e. The van der Waals surface area contributed by atoms with E-state index in [2.05, 4.69) is 20.5 Å². The maximum Gasteiger partial charge on any atom is 0.255 e. The first kappa shape index (κ1) is 19.8. The Morgan fingerprint density at radius 3 is 2.53 bits per heavy atom. The van der Waals surface area contributed by atoms with Crippen LogP contribution in [0.15, 0.2) is 103 Å². The number of benzene rings is 3. The van der Waals surface area contributed by atoms with Gasteiger partial charge in [-0.15, -0.1) is 10.2 Å². The average Bonchev–Trinajstić information content (AvgIpc) is 3.32. The number of aromatic nitrogens is 5. The lowest BCUT2D eigenvalue weighted by Gasteiger charge is -2.09. The van der Waals surface area contributed by atoms with Crippen LogP contribution in [0.3, 0.4) is 0 Å². The van der Waals surface area contributed by atoms with Crippen LogP contribution in [0.25, 0.3) is 39.1 Å². The lowest BCUT2D eigenvalue weighted by Crippen LogP contribution is -2.11. The van der Waals surface area contributed by atoms with Gasteiger partial charge < -0.3 is 5.32 Å². The van der Waals surface area contributed by atoms with E-state index in [1.54, 1.807) is 16.9 Å². The van der Waals surface area contributed by atoms with Crippen molar-refractivity contribution in [3.8, 4) is 22.6 Å². The zero-order valence-electron chi connectivity index (χ0n) is 18.0. The van der Waals surface area contributed by atoms with Crippen LogP contribution in [-0.4, -0.2) is 30.7 Å². The molecule has 3 aromatic heterocycles. The van der Waals surface area contributed by atoms with Crippen molar-refractivity contribution in [3.05, 3.63) is 109 Å². The van der Waals surface area contributed by atoms with Crippen molar-refractivity contribution in [2.45, 2.75) is 0 Å². The topological polar surface area (TPSA) is 85.1 Å². The molecule has 0 atom stereocenters. The number of amides is 1. The molecule has 0 aliphatic rings. The van der Waals surface area contributed by atoms with Gasteiger partial charge >= 0.3 is 0 Å². The van der Waals surface area contributed by atoms with E-state index in [4.69, 9.17) is 5.10 Å². The normalized spacial score (nSPS) is 11.1. The van der Waals surface area contributed by atoms with Crippen LogP contribution in [0.5, 0.6) is 0 Å². The van der Waals surface area contributed by atoms with Crippen LogP contribution < -0.4 is 5.32 Å². The second-order valence-electron chi connectivity index (χ2n) is 7.85. The van der Waals surface area contributed by atoms with Crippen LogP contribution >= 0.6 is 0 Å². The van der Waals surface area contributed by atoms with Gasteiger partial charge in [0.25, 0.3) is 5.91 Å². The number of carbonyl (C=O) groups is 1. The quantitative estimate of drug-likeness (QED) is 0.403. The predicted molar refractivity (Wildman–Crippen MR) is 131 cm³/mol. The van der Waals surface area contributed by atoms with Gasteiger partial charge in [-0.3, -0.25) is 9.78 Å². The fourth-order valence-electron chi connectivity index (χ4n) is 3.91. The molecular weight excluding hydrogens is 424 g/mol. The van der Waals surface area contributed by atoms with Gasteiger partial charge in [-0.25, -0.2) is 0 Å². The van der Waals surface area contributed by atoms with Crippen LogP contribution in [0.2, 0.25) is 0 Å². The first-order valence-electron chi connectivity index (χ1n) is 10.8. The third-order valence-electron chi connectivity index (χ3n) is 5.61. The van der Waals surface area contributed by atoms with Crippen LogP contribution in [-0.2, 0) is 0 Å². The molecule has 0 saturated carbocycles. The summed E-state index contributed by atoms with van der Waals surface area (Å²) in [7, 11) is 0. The molecule has 0 bridgehead atoms. The fraction of sp³-hybridized carbons (Fsp3) is 0. The van der Waals surface area contributed by atoms with E-state index in [1.807, 2.05) is 91.0 Å². The Morgan fingerprint density at radius 2 is 1.65 bits per heavy atom. The molecule has 0 unspecified atom stereocenters. The van der Waals surface area contributed by atoms with Crippen LogP contribution in [0.1, 0.15) is 10.4 Å². The molecule has 3 heterocycles. The molecule has 1 N–H and O–H groups in total. The number of rotatable bonds is 4. The van der Waals surface area contributed by atoms with E-state index < -0.39 is 0 Å². The summed E-state index contributed by atoms with van der Waals surface area (Å²) in [5.74, 6) is 0.453. The molecule has 6 aromatic rings. The van der Waals surface area contributed by atoms with E-state index in [0.717, 1.165) is 27.6 Å². The number of hydrogen-bond donors (Lipinski definition) is 1. The van der Waals surface area contributed by atoms with Gasteiger partial charge in [0.15, 0.2) is 11.5 Å². The molecule has 1 amide bonds. The van der Waals surface area contributed by atoms with Gasteiger partial charge in [0.1, 0.15) is 0 Å². The predicted octanol–water partition coefficient (Wildman–Crippen LogP) is 5.26. The summed E-state index contributed by atoms with van der Waals surface area (Å²) in [6, 6.07) is 28.8. The molecule has 7 heteroatoms. The average molecular weight is 442 g/mol. The molecule has 0 fully saturated rings. The van der Waals surface area contributed by atoms with Gasteiger partial charge in [-0.2, -0.15) is 9.61 Å². The first-order chi connectivity index (χ1) is 16.7. The standard InChI is InChI=1S/C27H18N6O/c34-27(21-11-10-18-5-1-2-6-19(18)15-21)29-23-9-3-7-20(16-23)24-12-13-25-30-31-26(33(25)32-24)22-8-4-14-28-17-22/h1-17H,(H,29,34). The van der Waals surface area contributed by atoms with E-state index in [9.17, 15) is 4.79 Å². The molecule has 34 heavy (non-hydrogen) atoms. The zero-order chi connectivity index (χ0) is 22.9. The minimum atomic E-state index is -0.163. The number of hydrogen-bond acceptors (Lipinski definition) is 5. The highest BCUT2D eigenvalue weighted by atomic mass is 16.1. The molecule has 6 rings (SSSR count). The minimum absolute atomic E-state index is 0.163. The highest BCUT2D eigenvalue weighted by Gasteiger charge is 2.12. The number of pyridine rings is 1. The number of nitrogens with zero attached hydrogens (tertiary/aromatic N) is 5. The lowest BCUT2D eigenvalue weighted by atomic mass is 10.1. The third kappa shape index (κ3) is 3.65. The molecule has 3 aromatic carbocycles. The Kier molecular flexibility index (Phi) is 4.77. The monoisotopic (exact) mass is 442 g/mol. The molecule has 7 nitrogen and oxygen atoms in total. The summed E-state index contributed by atoms with van der Waals surface area (Å²) in [6.07, 6.45) is 3.44. The third-order valence-corrected chi connectivity index (χ3v) is 5.61. The summed E-state index contributed by atoms with van der Waals surface area (Å²) < 4.78 is 1.70. The smallest absolute Gasteiger partial charge is 0.255 e. The molecule has 0 aliphatic carbocycles. The molecule has 0 aliphatic heterocycles. The molecular formula is C27H18N6O. The highest BCUT2D eigenvalue weighted by Crippen LogP contribution is 2.24. The zero-order valence-corrected chi connectivity index (χ0v) is 18.0. The van der Waals surface area contributed by atoms with Crippen molar-refractivity contribution < 1.29 is 4.79 Å². The second kappa shape index (κ2) is 8.22. The number of carbonyl (C=O) groups excluding carboxylic acids is 1. The summed E-state index contributed by atoms with van der Waals surface area (Å²) in [5.41, 5.74) is 4.37. The van der Waals surface area contributed by atoms with Crippen molar-refractivity contribution in [1.82, 2.24) is 24.8 Å². The number of fused-ring (bicyclic) bond motifs is 2. The fourth-order valence-corrected chi connectivity index (χ4v) is 3.91. The SMILES string of the molecule is O=C(Nc1cccc(-c2ccc3nnc(-c4cccnc4)n3n2)c1)c1ccc2ccccc2c1. The van der Waals surface area contributed by atoms with E-state index in [1.165, 1.54) is 0 Å². The number of anilines is 1. The lowest BCUT2D eigenvalue weighted by molar-refractivity contribution is 0.102. The van der Waals surface area contributed by atoms with Crippen LogP contribution in [0.4, 0.5) is 5.69 Å². The molecule has 0 spiro atoms. The first-order valence-corrected chi connectivity index (χ1v) is 10.8. The number of nitrogens with one attached hydrogen (secondary N) is 1. The second-order valence-corrected chi connectivity index (χ2v) is 7.85. The molecule has 162 valence electrons. The van der Waals surface area contributed by atoms with Gasteiger partial charge in [0.05, 0.1) is 5.69 Å². The minimum Gasteiger partial charge on any atom is -0.322 e. The van der Waals surface area contributed by atoms with Crippen molar-refractivity contribution in [1.29, 1.82) is 0 Å². The maximum atomic E-state index is 12.9. The Balaban J connectivity index is 1.31. The van der Waals surface area contributed by atoms with Crippen molar-refractivity contribution in [3.63, 3.8) is 0 Å². The summed E-state index contributed by atoms with van der Waals surface area (Å²) in [6.45, 7) is 0. The van der Waals surface area contributed by atoms with E-state index in [0.29, 0.717) is 22.7 Å². The molecule has 0 saturated heterocycles. The van der Waals surface area contributed by atoms with E-state index in [-0.39, 0.29) is 5.91 Å². The maximum absolute atomic E-state index is 12.9. The summed E-state index contributed by atoms with van der Waals surface area (Å²) in [4.78, 5) is 17.1. The van der Waals surface area contributed by atoms with Gasteiger partial charge in [-0.1, -0.05) is 42.5 Å². The van der Waals surface area contributed by atoms with Crippen molar-refractivity contribution in [2.75, 3.05) is 5.32 Å². The Morgan fingerprint density at radius 1 is 0.765 bits per heavy atom. The Hall–Kier alpha value is -4.91. The van der Waals surface area contributed by atoms with Crippen LogP contribution in [0, 0.1) is 0 Å². The Labute approximate surface area is 194 Å². The van der Waals surface area contributed by atoms with Crippen molar-refractivity contribution >= 4 is 28.0 Å². The summed E-state index contributed by atoms with van der Waals surface area (Å²) in [5, 5.41) is 18.3. The van der Waals surface area contributed by atoms with Gasteiger partial charge in [0.2, 0.25) is 0 Å². The van der Waals surface area contributed by atoms with Crippen molar-refractivity contribution in [2.24, 2.45) is 0 Å². The Bertz CT molecular complexity index is 1660. The highest BCUT2D eigenvalue weighted by molar-refractivity contribution is 6.06. The van der Waals surface area contributed by atoms with E-state index >= 15 is 0 Å². The van der Waals surface area contributed by atoms with Gasteiger partial charge in [-0.05, 0) is 59.3 Å².